The van der Waals surface area contributed by atoms with Crippen LogP contribution in [0.15, 0.2) is 12.7 Å². The lowest BCUT2D eigenvalue weighted by atomic mass is 9.88. The molecule has 1 atom stereocenters. The molecule has 0 aliphatic heterocycles. The van der Waals surface area contributed by atoms with E-state index in [0.717, 1.165) is 0 Å². The number of rotatable bonds is 4. The van der Waals surface area contributed by atoms with Crippen molar-refractivity contribution in [3.8, 4) is 0 Å². The van der Waals surface area contributed by atoms with Crippen molar-refractivity contribution in [3.63, 3.8) is 0 Å². The summed E-state index contributed by atoms with van der Waals surface area (Å²) in [5, 5.41) is 18.4. The highest BCUT2D eigenvalue weighted by Gasteiger charge is 2.28. The van der Waals surface area contributed by atoms with Gasteiger partial charge in [-0.1, -0.05) is 19.9 Å². The summed E-state index contributed by atoms with van der Waals surface area (Å²) >= 11 is 0. The highest BCUT2D eigenvalue weighted by Crippen LogP contribution is 2.20. The molecule has 0 aromatic carbocycles. The fourth-order valence-corrected chi connectivity index (χ4v) is 0.733. The molecule has 0 saturated carbocycles. The minimum Gasteiger partial charge on any atom is -0.393 e. The van der Waals surface area contributed by atoms with Crippen LogP contribution in [0.25, 0.3) is 0 Å². The first-order valence-electron chi connectivity index (χ1n) is 3.51. The Morgan fingerprint density at radius 1 is 1.60 bits per heavy atom. The van der Waals surface area contributed by atoms with Crippen molar-refractivity contribution < 1.29 is 10.2 Å². The SMILES string of the molecule is C=CC[C@@](O)(CO)C(C)C. The van der Waals surface area contributed by atoms with Crippen LogP contribution in [0, 0.1) is 5.92 Å². The maximum absolute atomic E-state index is 9.58. The molecule has 0 amide bonds. The summed E-state index contributed by atoms with van der Waals surface area (Å²) in [6, 6.07) is 0. The highest BCUT2D eigenvalue weighted by atomic mass is 16.3. The largest absolute Gasteiger partial charge is 0.393 e. The van der Waals surface area contributed by atoms with Gasteiger partial charge in [0.2, 0.25) is 0 Å². The van der Waals surface area contributed by atoms with E-state index in [1.54, 1.807) is 6.08 Å². The van der Waals surface area contributed by atoms with E-state index in [9.17, 15) is 5.11 Å². The van der Waals surface area contributed by atoms with Gasteiger partial charge in [0, 0.05) is 0 Å². The van der Waals surface area contributed by atoms with Gasteiger partial charge < -0.3 is 10.2 Å². The van der Waals surface area contributed by atoms with Crippen molar-refractivity contribution in [2.75, 3.05) is 6.61 Å². The summed E-state index contributed by atoms with van der Waals surface area (Å²) in [6.45, 7) is 7.06. The molecule has 0 rings (SSSR count). The molecule has 0 saturated heterocycles. The van der Waals surface area contributed by atoms with Crippen molar-refractivity contribution in [1.82, 2.24) is 0 Å². The number of hydrogen-bond donors (Lipinski definition) is 2. The van der Waals surface area contributed by atoms with E-state index in [0.29, 0.717) is 6.42 Å². The molecule has 0 spiro atoms. The van der Waals surface area contributed by atoms with Crippen LogP contribution in [0.1, 0.15) is 20.3 Å². The molecule has 2 heteroatoms. The van der Waals surface area contributed by atoms with Crippen molar-refractivity contribution in [2.45, 2.75) is 25.9 Å². The summed E-state index contributed by atoms with van der Waals surface area (Å²) < 4.78 is 0. The quantitative estimate of drug-likeness (QED) is 0.576. The first kappa shape index (κ1) is 9.66. The molecule has 2 nitrogen and oxygen atoms in total. The first-order chi connectivity index (χ1) is 4.56. The van der Waals surface area contributed by atoms with Gasteiger partial charge in [0.1, 0.15) is 0 Å². The Morgan fingerprint density at radius 3 is 2.20 bits per heavy atom. The van der Waals surface area contributed by atoms with Crippen molar-refractivity contribution in [2.24, 2.45) is 5.92 Å². The Kier molecular flexibility index (Phi) is 3.61. The smallest absolute Gasteiger partial charge is 0.0934 e. The van der Waals surface area contributed by atoms with Crippen molar-refractivity contribution in [1.29, 1.82) is 0 Å². The van der Waals surface area contributed by atoms with E-state index in [-0.39, 0.29) is 12.5 Å². The standard InChI is InChI=1S/C8H16O2/c1-4-5-8(10,6-9)7(2)3/h4,7,9-10H,1,5-6H2,2-3H3/t8-/m1/s1. The van der Waals surface area contributed by atoms with Gasteiger partial charge in [-0.3, -0.25) is 0 Å². The van der Waals surface area contributed by atoms with Gasteiger partial charge in [-0.15, -0.1) is 6.58 Å². The Balaban J connectivity index is 4.07. The second-order valence-corrected chi connectivity index (χ2v) is 2.91. The number of hydrogen-bond acceptors (Lipinski definition) is 2. The average Bonchev–Trinajstić information content (AvgIpc) is 1.88. The molecule has 60 valence electrons. The van der Waals surface area contributed by atoms with Crippen LogP contribution in [0.3, 0.4) is 0 Å². The van der Waals surface area contributed by atoms with Gasteiger partial charge in [0.15, 0.2) is 0 Å². The predicted molar refractivity (Wildman–Crippen MR) is 41.7 cm³/mol. The molecule has 0 unspecified atom stereocenters. The van der Waals surface area contributed by atoms with Crippen molar-refractivity contribution >= 4 is 0 Å². The third kappa shape index (κ3) is 2.12. The van der Waals surface area contributed by atoms with Crippen LogP contribution >= 0.6 is 0 Å². The molecular weight excluding hydrogens is 128 g/mol. The van der Waals surface area contributed by atoms with E-state index in [1.807, 2.05) is 13.8 Å². The van der Waals surface area contributed by atoms with Gasteiger partial charge in [0.25, 0.3) is 0 Å². The summed E-state index contributed by atoms with van der Waals surface area (Å²) in [5.74, 6) is 0.0653. The third-order valence-electron chi connectivity index (χ3n) is 1.85. The molecule has 10 heavy (non-hydrogen) atoms. The minimum absolute atomic E-state index is 0.0653. The second kappa shape index (κ2) is 3.74. The summed E-state index contributed by atoms with van der Waals surface area (Å²) in [4.78, 5) is 0. The zero-order valence-corrected chi connectivity index (χ0v) is 6.67. The van der Waals surface area contributed by atoms with E-state index in [2.05, 4.69) is 6.58 Å². The fraction of sp³-hybridized carbons (Fsp3) is 0.750. The molecule has 0 fully saturated rings. The van der Waals surface area contributed by atoms with Gasteiger partial charge in [-0.05, 0) is 12.3 Å². The van der Waals surface area contributed by atoms with Crippen LogP contribution in [0.5, 0.6) is 0 Å². The molecule has 2 N–H and O–H groups in total. The van der Waals surface area contributed by atoms with Crippen molar-refractivity contribution in [3.05, 3.63) is 12.7 Å². The normalized spacial score (nSPS) is 16.9. The monoisotopic (exact) mass is 144 g/mol. The third-order valence-corrected chi connectivity index (χ3v) is 1.85. The highest BCUT2D eigenvalue weighted by molar-refractivity contribution is 4.88. The Bertz CT molecular complexity index is 110. The molecule has 0 aliphatic carbocycles. The lowest BCUT2D eigenvalue weighted by Gasteiger charge is -2.28. The molecule has 0 aromatic heterocycles. The fourth-order valence-electron chi connectivity index (χ4n) is 0.733. The molecule has 0 aromatic rings. The van der Waals surface area contributed by atoms with Crippen LogP contribution < -0.4 is 0 Å². The van der Waals surface area contributed by atoms with Crippen LogP contribution in [0.2, 0.25) is 0 Å². The first-order valence-corrected chi connectivity index (χ1v) is 3.51. The molecule has 0 bridgehead atoms. The molecule has 0 radical (unpaired) electrons. The number of aliphatic hydroxyl groups excluding tert-OH is 1. The maximum Gasteiger partial charge on any atom is 0.0934 e. The zero-order valence-electron chi connectivity index (χ0n) is 6.67. The van der Waals surface area contributed by atoms with Crippen LogP contribution in [0.4, 0.5) is 0 Å². The van der Waals surface area contributed by atoms with Crippen LogP contribution in [-0.4, -0.2) is 22.4 Å². The summed E-state index contributed by atoms with van der Waals surface area (Å²) in [7, 11) is 0. The maximum atomic E-state index is 9.58. The zero-order chi connectivity index (χ0) is 8.20. The van der Waals surface area contributed by atoms with E-state index >= 15 is 0 Å². The lowest BCUT2D eigenvalue weighted by Crippen LogP contribution is -2.38. The molecule has 0 heterocycles. The van der Waals surface area contributed by atoms with Gasteiger partial charge in [0.05, 0.1) is 12.2 Å². The lowest BCUT2D eigenvalue weighted by molar-refractivity contribution is -0.0483. The topological polar surface area (TPSA) is 40.5 Å². The molecular formula is C8H16O2. The summed E-state index contributed by atoms with van der Waals surface area (Å²) in [5.41, 5.74) is -0.970. The van der Waals surface area contributed by atoms with Gasteiger partial charge in [-0.25, -0.2) is 0 Å². The Hall–Kier alpha value is -0.340. The van der Waals surface area contributed by atoms with E-state index in [1.165, 1.54) is 0 Å². The van der Waals surface area contributed by atoms with Gasteiger partial charge in [-0.2, -0.15) is 0 Å². The molecule has 0 aliphatic rings. The van der Waals surface area contributed by atoms with E-state index < -0.39 is 5.60 Å². The van der Waals surface area contributed by atoms with E-state index in [4.69, 9.17) is 5.11 Å². The van der Waals surface area contributed by atoms with Crippen LogP contribution in [-0.2, 0) is 0 Å². The Morgan fingerprint density at radius 2 is 2.10 bits per heavy atom. The minimum atomic E-state index is -0.970. The average molecular weight is 144 g/mol. The van der Waals surface area contributed by atoms with Gasteiger partial charge >= 0.3 is 0 Å². The predicted octanol–water partition coefficient (Wildman–Crippen LogP) is 0.942. The number of aliphatic hydroxyl groups is 2. The summed E-state index contributed by atoms with van der Waals surface area (Å²) in [6.07, 6.45) is 2.07. The second-order valence-electron chi connectivity index (χ2n) is 2.91. The Labute approximate surface area is 62.2 Å².